The molecule has 2 nitrogen and oxygen atoms in total. The van der Waals surface area contributed by atoms with Crippen LogP contribution in [0.5, 0.6) is 0 Å². The van der Waals surface area contributed by atoms with Crippen LogP contribution in [0, 0.1) is 5.41 Å². The molecular formula is C16H23NO. The highest BCUT2D eigenvalue weighted by Gasteiger charge is 2.32. The molecule has 1 unspecified atom stereocenters. The topological polar surface area (TPSA) is 20.3 Å². The van der Waals surface area contributed by atoms with Gasteiger partial charge in [0.15, 0.2) is 0 Å². The molecule has 1 aromatic rings. The van der Waals surface area contributed by atoms with Crippen molar-refractivity contribution in [1.29, 1.82) is 0 Å². The molecule has 0 fully saturated rings. The molecule has 0 aliphatic carbocycles. The second kappa shape index (κ2) is 4.75. The van der Waals surface area contributed by atoms with E-state index in [4.69, 9.17) is 0 Å². The van der Waals surface area contributed by atoms with E-state index in [9.17, 15) is 4.79 Å². The monoisotopic (exact) mass is 245 g/mol. The number of carbonyl (C=O) groups excluding carboxylic acids is 1. The van der Waals surface area contributed by atoms with Crippen molar-refractivity contribution in [3.05, 3.63) is 35.4 Å². The molecule has 0 bridgehead atoms. The van der Waals surface area contributed by atoms with Gasteiger partial charge < -0.3 is 4.90 Å². The first-order valence-electron chi connectivity index (χ1n) is 6.73. The SMILES string of the molecule is CC(=O)N1CCc2ccccc2C(C(C)(C)C)C1. The van der Waals surface area contributed by atoms with Crippen LogP contribution in [0.25, 0.3) is 0 Å². The van der Waals surface area contributed by atoms with E-state index < -0.39 is 0 Å². The lowest BCUT2D eigenvalue weighted by Crippen LogP contribution is -2.36. The van der Waals surface area contributed by atoms with Gasteiger partial charge in [-0.25, -0.2) is 0 Å². The highest BCUT2D eigenvalue weighted by molar-refractivity contribution is 5.73. The molecule has 2 rings (SSSR count). The van der Waals surface area contributed by atoms with Crippen LogP contribution in [0.4, 0.5) is 0 Å². The molecule has 0 saturated heterocycles. The molecule has 0 radical (unpaired) electrons. The van der Waals surface area contributed by atoms with Crippen LogP contribution in [-0.2, 0) is 11.2 Å². The van der Waals surface area contributed by atoms with Crippen molar-refractivity contribution < 1.29 is 4.79 Å². The van der Waals surface area contributed by atoms with E-state index in [2.05, 4.69) is 45.0 Å². The van der Waals surface area contributed by atoms with Crippen LogP contribution >= 0.6 is 0 Å². The Kier molecular flexibility index (Phi) is 3.47. The van der Waals surface area contributed by atoms with Gasteiger partial charge in [0.05, 0.1) is 0 Å². The van der Waals surface area contributed by atoms with Crippen molar-refractivity contribution in [2.45, 2.75) is 40.0 Å². The zero-order valence-electron chi connectivity index (χ0n) is 11.9. The number of benzene rings is 1. The number of hydrogen-bond acceptors (Lipinski definition) is 1. The normalized spacial score (nSPS) is 20.2. The number of hydrogen-bond donors (Lipinski definition) is 0. The summed E-state index contributed by atoms with van der Waals surface area (Å²) in [6, 6.07) is 8.65. The lowest BCUT2D eigenvalue weighted by molar-refractivity contribution is -0.129. The molecule has 1 aromatic carbocycles. The summed E-state index contributed by atoms with van der Waals surface area (Å²) in [4.78, 5) is 13.7. The Morgan fingerprint density at radius 3 is 2.56 bits per heavy atom. The fraction of sp³-hybridized carbons (Fsp3) is 0.562. The van der Waals surface area contributed by atoms with E-state index in [-0.39, 0.29) is 11.3 Å². The fourth-order valence-corrected chi connectivity index (χ4v) is 2.79. The Morgan fingerprint density at radius 1 is 1.28 bits per heavy atom. The van der Waals surface area contributed by atoms with E-state index in [1.165, 1.54) is 11.1 Å². The molecule has 1 heterocycles. The van der Waals surface area contributed by atoms with Crippen molar-refractivity contribution in [3.8, 4) is 0 Å². The lowest BCUT2D eigenvalue weighted by atomic mass is 9.75. The Balaban J connectivity index is 2.42. The largest absolute Gasteiger partial charge is 0.342 e. The van der Waals surface area contributed by atoms with E-state index in [0.717, 1.165) is 19.5 Å². The maximum atomic E-state index is 11.7. The first-order chi connectivity index (χ1) is 8.39. The summed E-state index contributed by atoms with van der Waals surface area (Å²) in [7, 11) is 0. The van der Waals surface area contributed by atoms with Crippen molar-refractivity contribution in [2.24, 2.45) is 5.41 Å². The first kappa shape index (κ1) is 13.1. The molecule has 0 spiro atoms. The smallest absolute Gasteiger partial charge is 0.219 e. The van der Waals surface area contributed by atoms with Crippen molar-refractivity contribution in [1.82, 2.24) is 4.90 Å². The molecular weight excluding hydrogens is 222 g/mol. The zero-order chi connectivity index (χ0) is 13.3. The Bertz CT molecular complexity index is 445. The summed E-state index contributed by atoms with van der Waals surface area (Å²) >= 11 is 0. The van der Waals surface area contributed by atoms with Crippen LogP contribution in [0.1, 0.15) is 44.7 Å². The zero-order valence-corrected chi connectivity index (χ0v) is 11.9. The summed E-state index contributed by atoms with van der Waals surface area (Å²) < 4.78 is 0. The molecule has 0 aromatic heterocycles. The number of carbonyl (C=O) groups is 1. The van der Waals surface area contributed by atoms with E-state index in [0.29, 0.717) is 5.92 Å². The minimum atomic E-state index is 0.175. The quantitative estimate of drug-likeness (QED) is 0.687. The lowest BCUT2D eigenvalue weighted by Gasteiger charge is -2.34. The van der Waals surface area contributed by atoms with Gasteiger partial charge in [-0.2, -0.15) is 0 Å². The van der Waals surface area contributed by atoms with E-state index in [1.807, 2.05) is 4.90 Å². The molecule has 98 valence electrons. The van der Waals surface area contributed by atoms with Gasteiger partial charge in [0.1, 0.15) is 0 Å². The third-order valence-electron chi connectivity index (χ3n) is 3.98. The molecule has 0 saturated carbocycles. The molecule has 1 atom stereocenters. The maximum absolute atomic E-state index is 11.7. The Hall–Kier alpha value is -1.31. The van der Waals surface area contributed by atoms with Gasteiger partial charge in [0, 0.05) is 25.9 Å². The number of rotatable bonds is 0. The van der Waals surface area contributed by atoms with Gasteiger partial charge in [-0.15, -0.1) is 0 Å². The van der Waals surface area contributed by atoms with Crippen LogP contribution in [0.3, 0.4) is 0 Å². The first-order valence-corrected chi connectivity index (χ1v) is 6.73. The average molecular weight is 245 g/mol. The number of nitrogens with zero attached hydrogens (tertiary/aromatic N) is 1. The highest BCUT2D eigenvalue weighted by atomic mass is 16.2. The summed E-state index contributed by atoms with van der Waals surface area (Å²) in [6.07, 6.45) is 0.975. The standard InChI is InChI=1S/C16H23NO/c1-12(18)17-10-9-13-7-5-6-8-14(13)15(11-17)16(2,3)4/h5-8,15H,9-11H2,1-4H3. The van der Waals surface area contributed by atoms with Crippen LogP contribution < -0.4 is 0 Å². The minimum Gasteiger partial charge on any atom is -0.342 e. The fourth-order valence-electron chi connectivity index (χ4n) is 2.79. The van der Waals surface area contributed by atoms with Crippen molar-refractivity contribution in [2.75, 3.05) is 13.1 Å². The Morgan fingerprint density at radius 2 is 1.94 bits per heavy atom. The van der Waals surface area contributed by atoms with Crippen LogP contribution in [0.2, 0.25) is 0 Å². The third-order valence-corrected chi connectivity index (χ3v) is 3.98. The minimum absolute atomic E-state index is 0.175. The third kappa shape index (κ3) is 2.58. The van der Waals surface area contributed by atoms with Gasteiger partial charge in [-0.3, -0.25) is 4.79 Å². The summed E-state index contributed by atoms with van der Waals surface area (Å²) in [5.74, 6) is 0.608. The predicted molar refractivity (Wildman–Crippen MR) is 74.6 cm³/mol. The molecule has 1 aliphatic rings. The second-order valence-corrected chi connectivity index (χ2v) is 6.33. The van der Waals surface area contributed by atoms with Crippen molar-refractivity contribution >= 4 is 5.91 Å². The van der Waals surface area contributed by atoms with Gasteiger partial charge in [0.25, 0.3) is 0 Å². The summed E-state index contributed by atoms with van der Waals surface area (Å²) in [5.41, 5.74) is 3.00. The molecule has 1 amide bonds. The number of amides is 1. The van der Waals surface area contributed by atoms with Gasteiger partial charge >= 0.3 is 0 Å². The van der Waals surface area contributed by atoms with E-state index in [1.54, 1.807) is 6.92 Å². The molecule has 1 aliphatic heterocycles. The Labute approximate surface area is 110 Å². The number of fused-ring (bicyclic) bond motifs is 1. The second-order valence-electron chi connectivity index (χ2n) is 6.33. The maximum Gasteiger partial charge on any atom is 0.219 e. The molecule has 2 heteroatoms. The molecule has 0 N–H and O–H groups in total. The van der Waals surface area contributed by atoms with Gasteiger partial charge in [0.2, 0.25) is 5.91 Å². The van der Waals surface area contributed by atoms with Crippen molar-refractivity contribution in [3.63, 3.8) is 0 Å². The predicted octanol–water partition coefficient (Wildman–Crippen LogP) is 3.22. The summed E-state index contributed by atoms with van der Waals surface area (Å²) in [6.45, 7) is 10.2. The van der Waals surface area contributed by atoms with Crippen LogP contribution in [0.15, 0.2) is 24.3 Å². The average Bonchev–Trinajstić information content (AvgIpc) is 2.47. The van der Waals surface area contributed by atoms with Gasteiger partial charge in [-0.05, 0) is 23.0 Å². The molecule has 18 heavy (non-hydrogen) atoms. The highest BCUT2D eigenvalue weighted by Crippen LogP contribution is 2.38. The van der Waals surface area contributed by atoms with Gasteiger partial charge in [-0.1, -0.05) is 45.0 Å². The van der Waals surface area contributed by atoms with Crippen LogP contribution in [-0.4, -0.2) is 23.9 Å². The van der Waals surface area contributed by atoms with E-state index >= 15 is 0 Å². The summed E-state index contributed by atoms with van der Waals surface area (Å²) in [5, 5.41) is 0.